The molecule has 3 heterocycles. The van der Waals surface area contributed by atoms with Crippen LogP contribution >= 0.6 is 11.3 Å². The highest BCUT2D eigenvalue weighted by atomic mass is 32.1. The summed E-state index contributed by atoms with van der Waals surface area (Å²) in [5.41, 5.74) is 8.38. The molecule has 49 heavy (non-hydrogen) atoms. The van der Waals surface area contributed by atoms with Gasteiger partial charge < -0.3 is 14.0 Å². The number of esters is 1. The number of benzene rings is 4. The molecule has 1 aliphatic heterocycles. The molecule has 1 atom stereocenters. The summed E-state index contributed by atoms with van der Waals surface area (Å²) in [5, 5.41) is 0. The third-order valence-corrected chi connectivity index (χ3v) is 9.76. The maximum atomic E-state index is 14.4. The van der Waals surface area contributed by atoms with Gasteiger partial charge in [0.25, 0.3) is 5.56 Å². The number of carbonyl (C=O) groups is 1. The number of hydrogen-bond donors (Lipinski definition) is 0. The summed E-state index contributed by atoms with van der Waals surface area (Å²) in [5.74, 6) is 0.0966. The molecule has 0 saturated heterocycles. The molecule has 0 N–H and O–H groups in total. The Kier molecular flexibility index (Phi) is 8.72. The van der Waals surface area contributed by atoms with Gasteiger partial charge >= 0.3 is 5.97 Å². The van der Waals surface area contributed by atoms with Crippen LogP contribution in [0, 0.1) is 13.8 Å². The quantitative estimate of drug-likeness (QED) is 0.164. The van der Waals surface area contributed by atoms with E-state index in [1.54, 1.807) is 18.6 Å². The van der Waals surface area contributed by atoms with Gasteiger partial charge in [-0.15, -0.1) is 0 Å². The van der Waals surface area contributed by atoms with Crippen molar-refractivity contribution in [2.75, 3.05) is 13.7 Å². The molecular weight excluding hydrogens is 631 g/mol. The van der Waals surface area contributed by atoms with Gasteiger partial charge in [0.05, 0.1) is 35.6 Å². The predicted octanol–water partition coefficient (Wildman–Crippen LogP) is 7.02. The van der Waals surface area contributed by atoms with Crippen LogP contribution in [0.4, 0.5) is 0 Å². The van der Waals surface area contributed by atoms with Gasteiger partial charge in [0.15, 0.2) is 4.80 Å². The molecule has 1 aliphatic rings. The number of nitrogens with zero attached hydrogens (tertiary/aromatic N) is 3. The Bertz CT molecular complexity index is 2390. The van der Waals surface area contributed by atoms with Gasteiger partial charge in [0.2, 0.25) is 0 Å². The first kappa shape index (κ1) is 31.8. The van der Waals surface area contributed by atoms with Crippen molar-refractivity contribution in [2.45, 2.75) is 26.8 Å². The first-order valence-electron chi connectivity index (χ1n) is 16.1. The van der Waals surface area contributed by atoms with Crippen LogP contribution in [0.5, 0.6) is 5.75 Å². The van der Waals surface area contributed by atoms with Crippen LogP contribution in [-0.2, 0) is 9.53 Å². The van der Waals surface area contributed by atoms with Crippen molar-refractivity contribution in [3.05, 3.63) is 169 Å². The summed E-state index contributed by atoms with van der Waals surface area (Å²) in [6.07, 6.45) is 1.93. The molecule has 7 rings (SSSR count). The van der Waals surface area contributed by atoms with E-state index in [1.807, 2.05) is 78.9 Å². The molecule has 0 unspecified atom stereocenters. The number of thiazole rings is 1. The van der Waals surface area contributed by atoms with Crippen LogP contribution in [0.3, 0.4) is 0 Å². The molecule has 8 heteroatoms. The zero-order valence-electron chi connectivity index (χ0n) is 27.7. The van der Waals surface area contributed by atoms with Crippen molar-refractivity contribution in [2.24, 2.45) is 4.99 Å². The lowest BCUT2D eigenvalue weighted by molar-refractivity contribution is -0.138. The van der Waals surface area contributed by atoms with Crippen LogP contribution in [-0.4, -0.2) is 28.8 Å². The summed E-state index contributed by atoms with van der Waals surface area (Å²) >= 11 is 1.31. The Hall–Kier alpha value is -5.73. The second kappa shape index (κ2) is 13.4. The van der Waals surface area contributed by atoms with E-state index >= 15 is 0 Å². The highest BCUT2D eigenvalue weighted by Gasteiger charge is 2.35. The number of carbonyl (C=O) groups excluding carboxylic acids is 1. The molecule has 0 aliphatic carbocycles. The Morgan fingerprint density at radius 2 is 1.53 bits per heavy atom. The lowest BCUT2D eigenvalue weighted by Crippen LogP contribution is -2.40. The minimum absolute atomic E-state index is 0.185. The van der Waals surface area contributed by atoms with Gasteiger partial charge in [0, 0.05) is 22.6 Å². The smallest absolute Gasteiger partial charge is 0.338 e. The molecule has 6 aromatic rings. The average molecular weight is 666 g/mol. The fourth-order valence-electron chi connectivity index (χ4n) is 6.47. The van der Waals surface area contributed by atoms with Gasteiger partial charge in [-0.05, 0) is 79.4 Å². The molecule has 4 aromatic carbocycles. The average Bonchev–Trinajstić information content (AvgIpc) is 3.60. The SMILES string of the molecule is CCOC(=O)C1=C(c2ccccc2)N=c2s/c(=C\c3cc(C)n(-c4ccc(-c5ccccc5)cc4)c3C)c(=O)n2[C@@H]1c1cccc(OC)c1. The number of hydrogen-bond acceptors (Lipinski definition) is 6. The van der Waals surface area contributed by atoms with E-state index in [-0.39, 0.29) is 12.2 Å². The summed E-state index contributed by atoms with van der Waals surface area (Å²) in [4.78, 5) is 33.7. The van der Waals surface area contributed by atoms with E-state index < -0.39 is 12.0 Å². The molecule has 244 valence electrons. The Labute approximate surface area is 288 Å². The minimum atomic E-state index is -0.779. The molecule has 0 fully saturated rings. The number of aromatic nitrogens is 2. The maximum absolute atomic E-state index is 14.4. The molecule has 0 radical (unpaired) electrons. The van der Waals surface area contributed by atoms with E-state index in [2.05, 4.69) is 60.9 Å². The molecule has 0 bridgehead atoms. The summed E-state index contributed by atoms with van der Waals surface area (Å²) in [7, 11) is 1.59. The van der Waals surface area contributed by atoms with Crippen LogP contribution in [0.15, 0.2) is 131 Å². The zero-order valence-corrected chi connectivity index (χ0v) is 28.5. The van der Waals surface area contributed by atoms with Gasteiger partial charge in [-0.2, -0.15) is 0 Å². The van der Waals surface area contributed by atoms with Crippen molar-refractivity contribution in [1.29, 1.82) is 0 Å². The number of fused-ring (bicyclic) bond motifs is 1. The van der Waals surface area contributed by atoms with Crippen LogP contribution in [0.2, 0.25) is 0 Å². The van der Waals surface area contributed by atoms with Crippen LogP contribution < -0.4 is 19.6 Å². The van der Waals surface area contributed by atoms with Gasteiger partial charge in [-0.25, -0.2) is 9.79 Å². The first-order chi connectivity index (χ1) is 23.9. The molecule has 0 saturated carbocycles. The van der Waals surface area contributed by atoms with Gasteiger partial charge in [-0.3, -0.25) is 9.36 Å². The predicted molar refractivity (Wildman–Crippen MR) is 195 cm³/mol. The highest BCUT2D eigenvalue weighted by molar-refractivity contribution is 7.07. The van der Waals surface area contributed by atoms with Crippen LogP contribution in [0.1, 0.15) is 41.0 Å². The lowest BCUT2D eigenvalue weighted by Gasteiger charge is -2.26. The second-order valence-corrected chi connectivity index (χ2v) is 12.8. The minimum Gasteiger partial charge on any atom is -0.497 e. The zero-order chi connectivity index (χ0) is 34.1. The molecule has 2 aromatic heterocycles. The molecular formula is C41H35N3O4S. The second-order valence-electron chi connectivity index (χ2n) is 11.8. The molecule has 0 spiro atoms. The fraction of sp³-hybridized carbons (Fsp3) is 0.146. The van der Waals surface area contributed by atoms with E-state index in [4.69, 9.17) is 14.5 Å². The highest BCUT2D eigenvalue weighted by Crippen LogP contribution is 2.36. The standard InChI is InChI=1S/C41H35N3O4S/c1-5-48-40(46)36-37(30-15-10-7-11-16-30)42-41-44(38(36)31-17-12-18-34(24-31)47-4)39(45)35(49-41)25-32-23-26(2)43(27(32)3)33-21-19-29(20-22-33)28-13-8-6-9-14-28/h6-25,38H,5H2,1-4H3/b35-25-/t38-/m1/s1. The van der Waals surface area contributed by atoms with Crippen molar-refractivity contribution in [1.82, 2.24) is 9.13 Å². The number of rotatable bonds is 8. The van der Waals surface area contributed by atoms with Crippen molar-refractivity contribution in [3.8, 4) is 22.6 Å². The van der Waals surface area contributed by atoms with Crippen molar-refractivity contribution >= 4 is 29.1 Å². The third-order valence-electron chi connectivity index (χ3n) is 8.77. The summed E-state index contributed by atoms with van der Waals surface area (Å²) < 4.78 is 15.5. The summed E-state index contributed by atoms with van der Waals surface area (Å²) in [6, 6.07) is 37.1. The molecule has 0 amide bonds. The normalized spacial score (nSPS) is 14.4. The third kappa shape index (κ3) is 5.96. The summed E-state index contributed by atoms with van der Waals surface area (Å²) in [6.45, 7) is 6.08. The number of methoxy groups -OCH3 is 1. The van der Waals surface area contributed by atoms with Crippen LogP contribution in [0.25, 0.3) is 28.6 Å². The maximum Gasteiger partial charge on any atom is 0.338 e. The Morgan fingerprint density at radius 3 is 2.20 bits per heavy atom. The van der Waals surface area contributed by atoms with Crippen molar-refractivity contribution < 1.29 is 14.3 Å². The molecule has 7 nitrogen and oxygen atoms in total. The number of ether oxygens (including phenoxy) is 2. The lowest BCUT2D eigenvalue weighted by atomic mass is 9.93. The van der Waals surface area contributed by atoms with E-state index in [9.17, 15) is 9.59 Å². The number of aryl methyl sites for hydroxylation is 1. The van der Waals surface area contributed by atoms with E-state index in [1.165, 1.54) is 16.9 Å². The largest absolute Gasteiger partial charge is 0.497 e. The van der Waals surface area contributed by atoms with Gasteiger partial charge in [0.1, 0.15) is 5.75 Å². The van der Waals surface area contributed by atoms with Gasteiger partial charge in [-0.1, -0.05) is 96.3 Å². The van der Waals surface area contributed by atoms with E-state index in [0.717, 1.165) is 39.3 Å². The van der Waals surface area contributed by atoms with E-state index in [0.29, 0.717) is 26.4 Å². The fourth-order valence-corrected chi connectivity index (χ4v) is 7.47. The van der Waals surface area contributed by atoms with Crippen molar-refractivity contribution in [3.63, 3.8) is 0 Å². The monoisotopic (exact) mass is 665 g/mol. The Morgan fingerprint density at radius 1 is 0.857 bits per heavy atom. The topological polar surface area (TPSA) is 74.8 Å². The first-order valence-corrected chi connectivity index (χ1v) is 17.0. The Balaban J connectivity index is 1.39.